The van der Waals surface area contributed by atoms with Gasteiger partial charge in [0.15, 0.2) is 0 Å². The zero-order valence-electron chi connectivity index (χ0n) is 20.3. The van der Waals surface area contributed by atoms with Gasteiger partial charge in [-0.25, -0.2) is 0 Å². The second-order valence-corrected chi connectivity index (χ2v) is 15.2. The Balaban J connectivity index is 1.59. The summed E-state index contributed by atoms with van der Waals surface area (Å²) in [6, 6.07) is 37.0. The second-order valence-electron chi connectivity index (χ2n) is 9.85. The Morgan fingerprint density at radius 2 is 1.26 bits per heavy atom. The molecule has 0 aliphatic carbocycles. The number of fused-ring (bicyclic) bond motifs is 2. The van der Waals surface area contributed by atoms with Crippen LogP contribution in [0, 0.1) is 0 Å². The maximum atomic E-state index is 7.25. The molecule has 0 unspecified atom stereocenters. The highest BCUT2D eigenvalue weighted by atomic mass is 32.2. The Labute approximate surface area is 208 Å². The van der Waals surface area contributed by atoms with Crippen LogP contribution in [-0.2, 0) is 11.0 Å². The molecule has 0 aromatic heterocycles. The molecule has 4 heteroatoms. The third-order valence-electron chi connectivity index (χ3n) is 6.74. The van der Waals surface area contributed by atoms with Crippen LogP contribution in [0.1, 0.15) is 26.3 Å². The average Bonchev–Trinajstić information content (AvgIpc) is 2.85. The molecular formula is C30H31NOSSi. The highest BCUT2D eigenvalue weighted by Gasteiger charge is 2.50. The van der Waals surface area contributed by atoms with Gasteiger partial charge in [-0.05, 0) is 39.2 Å². The molecule has 0 fully saturated rings. The minimum atomic E-state index is -2.59. The summed E-state index contributed by atoms with van der Waals surface area (Å²) >= 11 is 1.86. The van der Waals surface area contributed by atoms with E-state index < -0.39 is 8.32 Å². The van der Waals surface area contributed by atoms with Crippen LogP contribution in [0.5, 0.6) is 0 Å². The van der Waals surface area contributed by atoms with Gasteiger partial charge in [0.1, 0.15) is 0 Å². The lowest BCUT2D eigenvalue weighted by molar-refractivity contribution is 0.283. The highest BCUT2D eigenvalue weighted by molar-refractivity contribution is 7.99. The van der Waals surface area contributed by atoms with Crippen LogP contribution in [0.25, 0.3) is 0 Å². The molecule has 0 N–H and O–H groups in total. The summed E-state index contributed by atoms with van der Waals surface area (Å²) in [5, 5.41) is 2.59. The van der Waals surface area contributed by atoms with Crippen molar-refractivity contribution in [2.75, 3.05) is 11.9 Å². The van der Waals surface area contributed by atoms with E-state index >= 15 is 0 Å². The Kier molecular flexibility index (Phi) is 6.15. The molecule has 0 bridgehead atoms. The first kappa shape index (κ1) is 23.0. The molecule has 0 amide bonds. The third kappa shape index (κ3) is 3.90. The number of hydrogen-bond donors (Lipinski definition) is 0. The topological polar surface area (TPSA) is 12.5 Å². The van der Waals surface area contributed by atoms with E-state index in [1.165, 1.54) is 37.1 Å². The van der Waals surface area contributed by atoms with Gasteiger partial charge in [0.05, 0.1) is 18.0 Å². The van der Waals surface area contributed by atoms with Gasteiger partial charge in [-0.2, -0.15) is 0 Å². The first-order valence-corrected chi connectivity index (χ1v) is 14.5. The lowest BCUT2D eigenvalue weighted by Gasteiger charge is -2.43. The summed E-state index contributed by atoms with van der Waals surface area (Å²) < 4.78 is 7.25. The van der Waals surface area contributed by atoms with Crippen molar-refractivity contribution in [1.29, 1.82) is 0 Å². The quantitative estimate of drug-likeness (QED) is 0.285. The lowest BCUT2D eigenvalue weighted by atomic mass is 10.1. The molecule has 0 spiro atoms. The second kappa shape index (κ2) is 9.10. The van der Waals surface area contributed by atoms with Gasteiger partial charge in [-0.1, -0.05) is 117 Å². The number of rotatable bonds is 5. The standard InChI is InChI=1S/C30H31NOSSi/c1-30(2,3)34(24-15-7-5-8-16-24,25-17-9-6-10-18-25)32-22-23-14-13-20-27-29(23)33-28-21-12-11-19-26(28)31(27)4/h5-21H,22H2,1-4H3. The number of benzene rings is 4. The molecule has 0 radical (unpaired) electrons. The number of hydrogen-bond acceptors (Lipinski definition) is 3. The van der Waals surface area contributed by atoms with E-state index in [0.717, 1.165) is 0 Å². The van der Waals surface area contributed by atoms with E-state index in [9.17, 15) is 0 Å². The largest absolute Gasteiger partial charge is 0.403 e. The minimum absolute atomic E-state index is 0.0406. The molecule has 34 heavy (non-hydrogen) atoms. The predicted molar refractivity (Wildman–Crippen MR) is 147 cm³/mol. The summed E-state index contributed by atoms with van der Waals surface area (Å²) in [7, 11) is -0.432. The van der Waals surface area contributed by atoms with Crippen molar-refractivity contribution in [3.8, 4) is 0 Å². The fraction of sp³-hybridized carbons (Fsp3) is 0.200. The monoisotopic (exact) mass is 481 g/mol. The van der Waals surface area contributed by atoms with E-state index in [4.69, 9.17) is 4.43 Å². The summed E-state index contributed by atoms with van der Waals surface area (Å²) in [6.07, 6.45) is 0. The molecule has 0 saturated heterocycles. The van der Waals surface area contributed by atoms with Crippen LogP contribution >= 0.6 is 11.8 Å². The SMILES string of the molecule is CN1c2ccccc2Sc2c(CO[Si](c3ccccc3)(c3ccccc3)C(C)(C)C)cccc21. The molecule has 1 aliphatic rings. The number of para-hydroxylation sites is 1. The lowest BCUT2D eigenvalue weighted by Crippen LogP contribution is -2.66. The maximum absolute atomic E-state index is 7.25. The van der Waals surface area contributed by atoms with Crippen molar-refractivity contribution < 1.29 is 4.43 Å². The third-order valence-corrected chi connectivity index (χ3v) is 13.0. The van der Waals surface area contributed by atoms with E-state index in [1.54, 1.807) is 0 Å². The number of nitrogens with zero attached hydrogens (tertiary/aromatic N) is 1. The van der Waals surface area contributed by atoms with Gasteiger partial charge in [-0.15, -0.1) is 0 Å². The summed E-state index contributed by atoms with van der Waals surface area (Å²) in [5.74, 6) is 0. The predicted octanol–water partition coefficient (Wildman–Crippen LogP) is 7.00. The normalized spacial score (nSPS) is 13.4. The Morgan fingerprint density at radius 3 is 1.88 bits per heavy atom. The molecule has 0 saturated carbocycles. The molecule has 172 valence electrons. The Hall–Kier alpha value is -2.79. The zero-order chi connectivity index (χ0) is 23.8. The van der Waals surface area contributed by atoms with Crippen LogP contribution in [0.3, 0.4) is 0 Å². The molecular weight excluding hydrogens is 450 g/mol. The van der Waals surface area contributed by atoms with Gasteiger partial charge >= 0.3 is 0 Å². The molecule has 4 aromatic carbocycles. The Bertz CT molecular complexity index is 1240. The molecule has 1 heterocycles. The van der Waals surface area contributed by atoms with Crippen molar-refractivity contribution in [3.63, 3.8) is 0 Å². The highest BCUT2D eigenvalue weighted by Crippen LogP contribution is 2.49. The van der Waals surface area contributed by atoms with E-state index in [-0.39, 0.29) is 5.04 Å². The van der Waals surface area contributed by atoms with Crippen LogP contribution in [0.2, 0.25) is 5.04 Å². The fourth-order valence-corrected chi connectivity index (χ4v) is 10.8. The van der Waals surface area contributed by atoms with Crippen LogP contribution in [0.4, 0.5) is 11.4 Å². The van der Waals surface area contributed by atoms with E-state index in [2.05, 4.69) is 136 Å². The van der Waals surface area contributed by atoms with Crippen molar-refractivity contribution in [1.82, 2.24) is 0 Å². The maximum Gasteiger partial charge on any atom is 0.261 e. The zero-order valence-corrected chi connectivity index (χ0v) is 22.1. The summed E-state index contributed by atoms with van der Waals surface area (Å²) in [6.45, 7) is 7.58. The van der Waals surface area contributed by atoms with Crippen molar-refractivity contribution in [3.05, 3.63) is 109 Å². The Morgan fingerprint density at radius 1 is 0.706 bits per heavy atom. The van der Waals surface area contributed by atoms with Gasteiger partial charge < -0.3 is 9.33 Å². The van der Waals surface area contributed by atoms with Crippen molar-refractivity contribution >= 4 is 41.8 Å². The van der Waals surface area contributed by atoms with Crippen LogP contribution in [0.15, 0.2) is 113 Å². The molecule has 4 aromatic rings. The van der Waals surface area contributed by atoms with Crippen molar-refractivity contribution in [2.24, 2.45) is 0 Å². The molecule has 0 atom stereocenters. The molecule has 2 nitrogen and oxygen atoms in total. The van der Waals surface area contributed by atoms with E-state index in [1.807, 2.05) is 11.8 Å². The summed E-state index contributed by atoms with van der Waals surface area (Å²) in [4.78, 5) is 4.88. The summed E-state index contributed by atoms with van der Waals surface area (Å²) in [5.41, 5.74) is 3.74. The number of anilines is 2. The first-order chi connectivity index (χ1) is 16.4. The molecule has 1 aliphatic heterocycles. The van der Waals surface area contributed by atoms with E-state index in [0.29, 0.717) is 6.61 Å². The fourth-order valence-electron chi connectivity index (χ4n) is 5.07. The first-order valence-electron chi connectivity index (χ1n) is 11.8. The minimum Gasteiger partial charge on any atom is -0.403 e. The van der Waals surface area contributed by atoms with Gasteiger partial charge in [-0.3, -0.25) is 0 Å². The average molecular weight is 482 g/mol. The van der Waals surface area contributed by atoms with Gasteiger partial charge in [0.25, 0.3) is 8.32 Å². The van der Waals surface area contributed by atoms with Gasteiger partial charge in [0.2, 0.25) is 0 Å². The smallest absolute Gasteiger partial charge is 0.261 e. The van der Waals surface area contributed by atoms with Crippen molar-refractivity contribution in [2.45, 2.75) is 42.2 Å². The van der Waals surface area contributed by atoms with Crippen LogP contribution < -0.4 is 15.3 Å². The molecule has 5 rings (SSSR count). The van der Waals surface area contributed by atoms with Crippen LogP contribution in [-0.4, -0.2) is 15.4 Å². The van der Waals surface area contributed by atoms with Gasteiger partial charge in [0, 0.05) is 16.8 Å².